The second kappa shape index (κ2) is 6.29. The second-order valence-electron chi connectivity index (χ2n) is 6.19. The van der Waals surface area contributed by atoms with E-state index >= 15 is 0 Å². The standard InChI is InChI=1S/C17H13F4NO5/c1-16(2)26-11-6-12(25-14(23)13(11)15(24)27-16)22-7-8-3-4-9(5-10(8)18)17(19,20)21/h3-6,22H,7H2,1-2H3. The van der Waals surface area contributed by atoms with Gasteiger partial charge in [0.1, 0.15) is 5.82 Å². The summed E-state index contributed by atoms with van der Waals surface area (Å²) in [4.78, 5) is 23.8. The second-order valence-corrected chi connectivity index (χ2v) is 6.19. The van der Waals surface area contributed by atoms with Crippen molar-refractivity contribution in [2.45, 2.75) is 32.4 Å². The number of benzene rings is 1. The van der Waals surface area contributed by atoms with Gasteiger partial charge in [0.05, 0.1) is 5.56 Å². The van der Waals surface area contributed by atoms with Gasteiger partial charge in [0.25, 0.3) is 0 Å². The van der Waals surface area contributed by atoms with Crippen LogP contribution in [0.2, 0.25) is 0 Å². The highest BCUT2D eigenvalue weighted by Gasteiger charge is 2.37. The third kappa shape index (κ3) is 3.88. The first-order valence-electron chi connectivity index (χ1n) is 7.66. The van der Waals surface area contributed by atoms with Gasteiger partial charge in [-0.3, -0.25) is 0 Å². The Morgan fingerprint density at radius 3 is 2.44 bits per heavy atom. The number of nitrogens with one attached hydrogen (secondary N) is 1. The molecule has 1 aromatic carbocycles. The minimum Gasteiger partial charge on any atom is -0.451 e. The summed E-state index contributed by atoms with van der Waals surface area (Å²) in [6, 6.07) is 3.30. The van der Waals surface area contributed by atoms with Crippen LogP contribution in [0.1, 0.15) is 35.3 Å². The molecule has 0 radical (unpaired) electrons. The maximum Gasteiger partial charge on any atom is 0.416 e. The zero-order valence-electron chi connectivity index (χ0n) is 14.1. The van der Waals surface area contributed by atoms with Gasteiger partial charge in [-0.05, 0) is 12.1 Å². The maximum atomic E-state index is 13.9. The Labute approximate surface area is 149 Å². The quantitative estimate of drug-likeness (QED) is 0.639. The first kappa shape index (κ1) is 18.7. The summed E-state index contributed by atoms with van der Waals surface area (Å²) in [5.74, 6) is -3.50. The number of alkyl halides is 3. The highest BCUT2D eigenvalue weighted by atomic mass is 19.4. The summed E-state index contributed by atoms with van der Waals surface area (Å²) in [7, 11) is 0. The van der Waals surface area contributed by atoms with Crippen LogP contribution < -0.4 is 15.7 Å². The lowest BCUT2D eigenvalue weighted by atomic mass is 10.1. The van der Waals surface area contributed by atoms with E-state index < -0.39 is 40.5 Å². The first-order chi connectivity index (χ1) is 12.5. The molecule has 1 N–H and O–H groups in total. The fourth-order valence-electron chi connectivity index (χ4n) is 2.43. The number of carbonyl (C=O) groups is 1. The van der Waals surface area contributed by atoms with Crippen LogP contribution >= 0.6 is 0 Å². The van der Waals surface area contributed by atoms with E-state index in [4.69, 9.17) is 13.9 Å². The summed E-state index contributed by atoms with van der Waals surface area (Å²) < 4.78 is 66.8. The van der Waals surface area contributed by atoms with Crippen LogP contribution in [0.15, 0.2) is 33.5 Å². The zero-order chi connectivity index (χ0) is 20.0. The van der Waals surface area contributed by atoms with E-state index in [1.165, 1.54) is 19.9 Å². The molecule has 0 atom stereocenters. The van der Waals surface area contributed by atoms with Crippen molar-refractivity contribution in [3.05, 3.63) is 57.2 Å². The van der Waals surface area contributed by atoms with Gasteiger partial charge in [0, 0.05) is 32.0 Å². The molecule has 0 bridgehead atoms. The predicted molar refractivity (Wildman–Crippen MR) is 83.8 cm³/mol. The zero-order valence-corrected chi connectivity index (χ0v) is 14.1. The Morgan fingerprint density at radius 2 is 1.81 bits per heavy atom. The number of rotatable bonds is 3. The van der Waals surface area contributed by atoms with Gasteiger partial charge in [-0.25, -0.2) is 14.0 Å². The van der Waals surface area contributed by atoms with Crippen molar-refractivity contribution in [1.29, 1.82) is 0 Å². The number of carbonyl (C=O) groups excluding carboxylic acids is 1. The largest absolute Gasteiger partial charge is 0.451 e. The molecule has 0 saturated carbocycles. The van der Waals surface area contributed by atoms with E-state index in [0.717, 1.165) is 12.1 Å². The smallest absolute Gasteiger partial charge is 0.416 e. The summed E-state index contributed by atoms with van der Waals surface area (Å²) in [5.41, 5.74) is -2.63. The van der Waals surface area contributed by atoms with Gasteiger partial charge in [-0.1, -0.05) is 6.07 Å². The average Bonchev–Trinajstić information content (AvgIpc) is 2.50. The molecule has 6 nitrogen and oxygen atoms in total. The molecule has 144 valence electrons. The van der Waals surface area contributed by atoms with Crippen LogP contribution in [0.5, 0.6) is 5.75 Å². The van der Waals surface area contributed by atoms with E-state index in [9.17, 15) is 27.2 Å². The molecule has 0 unspecified atom stereocenters. The van der Waals surface area contributed by atoms with E-state index in [0.29, 0.717) is 6.07 Å². The van der Waals surface area contributed by atoms with E-state index in [2.05, 4.69) is 5.32 Å². The molecular weight excluding hydrogens is 374 g/mol. The van der Waals surface area contributed by atoms with E-state index in [-0.39, 0.29) is 23.7 Å². The van der Waals surface area contributed by atoms with E-state index in [1.807, 2.05) is 0 Å². The summed E-state index contributed by atoms with van der Waals surface area (Å²) in [6.45, 7) is 2.67. The van der Waals surface area contributed by atoms with Crippen LogP contribution in [0, 0.1) is 5.82 Å². The predicted octanol–water partition coefficient (Wildman–Crippen LogP) is 3.70. The summed E-state index contributed by atoms with van der Waals surface area (Å²) in [5, 5.41) is 2.57. The number of ether oxygens (including phenoxy) is 2. The molecule has 0 spiro atoms. The van der Waals surface area contributed by atoms with Gasteiger partial charge in [0.2, 0.25) is 11.7 Å². The lowest BCUT2D eigenvalue weighted by Crippen LogP contribution is -2.41. The number of cyclic esters (lactones) is 1. The van der Waals surface area contributed by atoms with Crippen LogP contribution in [0.25, 0.3) is 0 Å². The molecule has 2 aromatic rings. The molecule has 2 heterocycles. The SMILES string of the molecule is CC1(C)OC(=O)c2c(cc(NCc3ccc(C(F)(F)F)cc3F)oc2=O)O1. The molecular formula is C17H13F4NO5. The maximum absolute atomic E-state index is 13.9. The van der Waals surface area contributed by atoms with Gasteiger partial charge in [0.15, 0.2) is 11.3 Å². The molecule has 0 amide bonds. The van der Waals surface area contributed by atoms with Crippen LogP contribution in [-0.4, -0.2) is 11.8 Å². The Balaban J connectivity index is 1.83. The number of anilines is 1. The lowest BCUT2D eigenvalue weighted by Gasteiger charge is -2.30. The first-order valence-corrected chi connectivity index (χ1v) is 7.66. The minimum atomic E-state index is -4.66. The normalized spacial score (nSPS) is 15.6. The van der Waals surface area contributed by atoms with Crippen molar-refractivity contribution < 1.29 is 36.2 Å². The average molecular weight is 387 g/mol. The molecule has 1 aromatic heterocycles. The number of fused-ring (bicyclic) bond motifs is 1. The summed E-state index contributed by atoms with van der Waals surface area (Å²) in [6.07, 6.45) is -4.66. The minimum absolute atomic E-state index is 0.0796. The van der Waals surface area contributed by atoms with Crippen LogP contribution in [0.3, 0.4) is 0 Å². The Morgan fingerprint density at radius 1 is 1.11 bits per heavy atom. The Bertz CT molecular complexity index is 965. The third-order valence-corrected chi connectivity index (χ3v) is 3.65. The monoisotopic (exact) mass is 387 g/mol. The fourth-order valence-corrected chi connectivity index (χ4v) is 2.43. The molecule has 0 fully saturated rings. The van der Waals surface area contributed by atoms with Crippen molar-refractivity contribution >= 4 is 11.9 Å². The highest BCUT2D eigenvalue weighted by molar-refractivity contribution is 5.93. The van der Waals surface area contributed by atoms with Crippen molar-refractivity contribution in [1.82, 2.24) is 0 Å². The number of halogens is 4. The molecule has 27 heavy (non-hydrogen) atoms. The Kier molecular flexibility index (Phi) is 4.37. The van der Waals surface area contributed by atoms with Gasteiger partial charge in [-0.15, -0.1) is 0 Å². The van der Waals surface area contributed by atoms with Crippen LogP contribution in [0.4, 0.5) is 23.4 Å². The van der Waals surface area contributed by atoms with Crippen LogP contribution in [-0.2, 0) is 17.5 Å². The number of hydrogen-bond donors (Lipinski definition) is 1. The Hall–Kier alpha value is -3.04. The van der Waals surface area contributed by atoms with Crippen molar-refractivity contribution in [2.24, 2.45) is 0 Å². The van der Waals surface area contributed by atoms with Crippen molar-refractivity contribution in [2.75, 3.05) is 5.32 Å². The number of esters is 1. The van der Waals surface area contributed by atoms with Crippen molar-refractivity contribution in [3.63, 3.8) is 0 Å². The third-order valence-electron chi connectivity index (χ3n) is 3.65. The topological polar surface area (TPSA) is 77.8 Å². The molecule has 3 rings (SSSR count). The van der Waals surface area contributed by atoms with E-state index in [1.54, 1.807) is 0 Å². The number of hydrogen-bond acceptors (Lipinski definition) is 6. The highest BCUT2D eigenvalue weighted by Crippen LogP contribution is 2.32. The fraction of sp³-hybridized carbons (Fsp3) is 0.294. The lowest BCUT2D eigenvalue weighted by molar-refractivity contribution is -0.137. The van der Waals surface area contributed by atoms with Gasteiger partial charge in [-0.2, -0.15) is 13.2 Å². The molecule has 10 heteroatoms. The van der Waals surface area contributed by atoms with Gasteiger partial charge >= 0.3 is 17.8 Å². The van der Waals surface area contributed by atoms with Gasteiger partial charge < -0.3 is 19.2 Å². The molecule has 1 aliphatic rings. The van der Waals surface area contributed by atoms with Crippen molar-refractivity contribution in [3.8, 4) is 5.75 Å². The molecule has 0 aliphatic carbocycles. The summed E-state index contributed by atoms with van der Waals surface area (Å²) >= 11 is 0. The molecule has 0 saturated heterocycles. The molecule has 1 aliphatic heterocycles.